The molecule has 0 radical (unpaired) electrons. The molecule has 2 rings (SSSR count). The van der Waals surface area contributed by atoms with Crippen LogP contribution in [0.25, 0.3) is 0 Å². The molecular formula is C13H21ClN4. The maximum absolute atomic E-state index is 6.27. The predicted molar refractivity (Wildman–Crippen MR) is 76.5 cm³/mol. The number of hydrogen-bond donors (Lipinski definition) is 1. The predicted octanol–water partition coefficient (Wildman–Crippen LogP) is 3.33. The van der Waals surface area contributed by atoms with Gasteiger partial charge in [0.1, 0.15) is 5.02 Å². The summed E-state index contributed by atoms with van der Waals surface area (Å²) in [6.07, 6.45) is 7.87. The molecule has 1 aliphatic heterocycles. The maximum Gasteiger partial charge on any atom is 0.224 e. The van der Waals surface area contributed by atoms with Crippen LogP contribution >= 0.6 is 11.6 Å². The zero-order chi connectivity index (χ0) is 13.0. The summed E-state index contributed by atoms with van der Waals surface area (Å²) in [5, 5.41) is 3.62. The zero-order valence-corrected chi connectivity index (χ0v) is 11.9. The van der Waals surface area contributed by atoms with Gasteiger partial charge in [0.2, 0.25) is 5.95 Å². The summed E-state index contributed by atoms with van der Waals surface area (Å²) in [6, 6.07) is 0.546. The molecule has 1 aromatic heterocycles. The summed E-state index contributed by atoms with van der Waals surface area (Å²) in [7, 11) is 1.83. The van der Waals surface area contributed by atoms with Gasteiger partial charge in [0.25, 0.3) is 0 Å². The van der Waals surface area contributed by atoms with Crippen molar-refractivity contribution in [2.75, 3.05) is 23.8 Å². The average molecular weight is 269 g/mol. The molecule has 0 aromatic carbocycles. The fraction of sp³-hybridized carbons (Fsp3) is 0.692. The van der Waals surface area contributed by atoms with Crippen LogP contribution in [0.4, 0.5) is 11.8 Å². The van der Waals surface area contributed by atoms with E-state index in [2.05, 4.69) is 27.1 Å². The highest BCUT2D eigenvalue weighted by molar-refractivity contribution is 6.32. The molecule has 1 aliphatic rings. The quantitative estimate of drug-likeness (QED) is 0.913. The molecule has 1 unspecified atom stereocenters. The topological polar surface area (TPSA) is 41.1 Å². The second-order valence-electron chi connectivity index (χ2n) is 4.72. The van der Waals surface area contributed by atoms with E-state index in [0.717, 1.165) is 18.8 Å². The van der Waals surface area contributed by atoms with Gasteiger partial charge in [-0.3, -0.25) is 0 Å². The molecule has 1 saturated heterocycles. The first kappa shape index (κ1) is 13.4. The Hall–Kier alpha value is -1.03. The molecule has 0 amide bonds. The number of hydrogen-bond acceptors (Lipinski definition) is 4. The maximum atomic E-state index is 6.27. The van der Waals surface area contributed by atoms with Gasteiger partial charge in [-0.2, -0.15) is 4.98 Å². The lowest BCUT2D eigenvalue weighted by Crippen LogP contribution is -2.35. The van der Waals surface area contributed by atoms with Gasteiger partial charge in [-0.1, -0.05) is 31.4 Å². The Bertz CT molecular complexity index is 397. The molecule has 100 valence electrons. The Morgan fingerprint density at radius 1 is 1.44 bits per heavy atom. The van der Waals surface area contributed by atoms with Crippen LogP contribution in [0, 0.1) is 0 Å². The molecule has 1 aromatic rings. The van der Waals surface area contributed by atoms with Crippen LogP contribution in [0.2, 0.25) is 5.02 Å². The van der Waals surface area contributed by atoms with Crippen molar-refractivity contribution in [1.29, 1.82) is 0 Å². The largest absolute Gasteiger partial charge is 0.357 e. The van der Waals surface area contributed by atoms with Crippen molar-refractivity contribution in [1.82, 2.24) is 9.97 Å². The van der Waals surface area contributed by atoms with E-state index in [1.54, 1.807) is 6.20 Å². The van der Waals surface area contributed by atoms with Crippen molar-refractivity contribution >= 4 is 23.4 Å². The van der Waals surface area contributed by atoms with Gasteiger partial charge in [0.05, 0.1) is 6.20 Å². The van der Waals surface area contributed by atoms with Crippen LogP contribution in [0.5, 0.6) is 0 Å². The molecular weight excluding hydrogens is 248 g/mol. The van der Waals surface area contributed by atoms with Crippen LogP contribution in [-0.2, 0) is 0 Å². The minimum absolute atomic E-state index is 0.546. The number of aromatic nitrogens is 2. The SMILES string of the molecule is CCC1CCCCCN1c1nc(NC)ncc1Cl. The summed E-state index contributed by atoms with van der Waals surface area (Å²) >= 11 is 6.27. The molecule has 4 nitrogen and oxygen atoms in total. The van der Waals surface area contributed by atoms with Gasteiger partial charge in [0, 0.05) is 19.6 Å². The van der Waals surface area contributed by atoms with Crippen molar-refractivity contribution in [2.45, 2.75) is 45.1 Å². The van der Waals surface area contributed by atoms with Gasteiger partial charge in [-0.05, 0) is 19.3 Å². The second-order valence-corrected chi connectivity index (χ2v) is 5.13. The van der Waals surface area contributed by atoms with Gasteiger partial charge in [-0.15, -0.1) is 0 Å². The normalized spacial score (nSPS) is 20.6. The van der Waals surface area contributed by atoms with Crippen molar-refractivity contribution < 1.29 is 0 Å². The molecule has 0 spiro atoms. The third-order valence-corrected chi connectivity index (χ3v) is 3.84. The van der Waals surface area contributed by atoms with Crippen LogP contribution in [0.3, 0.4) is 0 Å². The van der Waals surface area contributed by atoms with Crippen LogP contribution in [-0.4, -0.2) is 29.6 Å². The van der Waals surface area contributed by atoms with E-state index in [4.69, 9.17) is 11.6 Å². The van der Waals surface area contributed by atoms with Crippen LogP contribution in [0.15, 0.2) is 6.20 Å². The Morgan fingerprint density at radius 3 is 3.00 bits per heavy atom. The summed E-state index contributed by atoms with van der Waals surface area (Å²) < 4.78 is 0. The molecule has 2 heterocycles. The fourth-order valence-electron chi connectivity index (χ4n) is 2.56. The van der Waals surface area contributed by atoms with E-state index in [-0.39, 0.29) is 0 Å². The Labute approximate surface area is 114 Å². The lowest BCUT2D eigenvalue weighted by atomic mass is 10.1. The van der Waals surface area contributed by atoms with Crippen molar-refractivity contribution in [3.63, 3.8) is 0 Å². The number of nitrogens with one attached hydrogen (secondary N) is 1. The van der Waals surface area contributed by atoms with Gasteiger partial charge < -0.3 is 10.2 Å². The Kier molecular flexibility index (Phi) is 4.64. The molecule has 0 bridgehead atoms. The highest BCUT2D eigenvalue weighted by Crippen LogP contribution is 2.30. The fourth-order valence-corrected chi connectivity index (χ4v) is 2.76. The Morgan fingerprint density at radius 2 is 2.28 bits per heavy atom. The first-order chi connectivity index (χ1) is 8.76. The third-order valence-electron chi connectivity index (χ3n) is 3.57. The number of nitrogens with zero attached hydrogens (tertiary/aromatic N) is 3. The second kappa shape index (κ2) is 6.23. The Balaban J connectivity index is 2.31. The number of halogens is 1. The standard InChI is InChI=1S/C13H21ClN4/c1-3-10-7-5-4-6-8-18(10)12-11(14)9-16-13(15-2)17-12/h9-10H,3-8H2,1-2H3,(H,15,16,17). The molecule has 0 aliphatic carbocycles. The van der Waals surface area contributed by atoms with Crippen LogP contribution in [0.1, 0.15) is 39.0 Å². The molecule has 0 saturated carbocycles. The van der Waals surface area contributed by atoms with E-state index in [1.807, 2.05) is 7.05 Å². The minimum Gasteiger partial charge on any atom is -0.357 e. The van der Waals surface area contributed by atoms with Crippen LogP contribution < -0.4 is 10.2 Å². The van der Waals surface area contributed by atoms with Crippen molar-refractivity contribution in [3.8, 4) is 0 Å². The lowest BCUT2D eigenvalue weighted by Gasteiger charge is -2.31. The van der Waals surface area contributed by atoms with E-state index >= 15 is 0 Å². The molecule has 5 heteroatoms. The molecule has 1 N–H and O–H groups in total. The van der Waals surface area contributed by atoms with E-state index < -0.39 is 0 Å². The van der Waals surface area contributed by atoms with Gasteiger partial charge in [-0.25, -0.2) is 4.98 Å². The highest BCUT2D eigenvalue weighted by atomic mass is 35.5. The monoisotopic (exact) mass is 268 g/mol. The first-order valence-electron chi connectivity index (χ1n) is 6.73. The molecule has 1 fully saturated rings. The molecule has 1 atom stereocenters. The average Bonchev–Trinajstić information content (AvgIpc) is 2.64. The molecule has 18 heavy (non-hydrogen) atoms. The third kappa shape index (κ3) is 2.86. The van der Waals surface area contributed by atoms with Gasteiger partial charge >= 0.3 is 0 Å². The zero-order valence-electron chi connectivity index (χ0n) is 11.1. The van der Waals surface area contributed by atoms with E-state index in [9.17, 15) is 0 Å². The van der Waals surface area contributed by atoms with E-state index in [1.165, 1.54) is 25.7 Å². The van der Waals surface area contributed by atoms with Crippen molar-refractivity contribution in [3.05, 3.63) is 11.2 Å². The summed E-state index contributed by atoms with van der Waals surface area (Å²) in [5.74, 6) is 1.51. The lowest BCUT2D eigenvalue weighted by molar-refractivity contribution is 0.552. The summed E-state index contributed by atoms with van der Waals surface area (Å²) in [5.41, 5.74) is 0. The van der Waals surface area contributed by atoms with Gasteiger partial charge in [0.15, 0.2) is 5.82 Å². The number of rotatable bonds is 3. The highest BCUT2D eigenvalue weighted by Gasteiger charge is 2.23. The summed E-state index contributed by atoms with van der Waals surface area (Å²) in [4.78, 5) is 11.0. The van der Waals surface area contributed by atoms with Crippen molar-refractivity contribution in [2.24, 2.45) is 0 Å². The summed E-state index contributed by atoms with van der Waals surface area (Å²) in [6.45, 7) is 3.27. The van der Waals surface area contributed by atoms with E-state index in [0.29, 0.717) is 17.0 Å². The number of anilines is 2. The minimum atomic E-state index is 0.546. The smallest absolute Gasteiger partial charge is 0.224 e. The first-order valence-corrected chi connectivity index (χ1v) is 7.11.